The Morgan fingerprint density at radius 2 is 1.61 bits per heavy atom. The highest BCUT2D eigenvalue weighted by molar-refractivity contribution is 6.24. The molecule has 0 N–H and O–H groups in total. The van der Waals surface area contributed by atoms with Crippen molar-refractivity contribution in [3.8, 4) is 0 Å². The number of nitrogens with zero attached hydrogens (tertiary/aromatic N) is 1. The van der Waals surface area contributed by atoms with E-state index in [9.17, 15) is 9.59 Å². The van der Waals surface area contributed by atoms with E-state index in [1.54, 1.807) is 14.2 Å². The molecule has 0 bridgehead atoms. The van der Waals surface area contributed by atoms with Crippen molar-refractivity contribution in [2.24, 2.45) is 0 Å². The third-order valence-corrected chi connectivity index (χ3v) is 5.69. The van der Waals surface area contributed by atoms with E-state index in [1.165, 1.54) is 0 Å². The van der Waals surface area contributed by atoms with Gasteiger partial charge < -0.3 is 23.4 Å². The van der Waals surface area contributed by atoms with Crippen LogP contribution in [0, 0.1) is 0 Å². The fraction of sp³-hybridized carbons (Fsp3) is 0.895. The van der Waals surface area contributed by atoms with Gasteiger partial charge in [0.05, 0.1) is 26.2 Å². The van der Waals surface area contributed by atoms with Crippen LogP contribution in [0.5, 0.6) is 0 Å². The molecule has 0 aliphatic carbocycles. The van der Waals surface area contributed by atoms with E-state index in [0.717, 1.165) is 32.1 Å². The Kier molecular flexibility index (Phi) is 17.4. The largest absolute Gasteiger partial charge is 0.466 e. The molecule has 0 rings (SSSR count). The SMILES string of the molecule is CCCCOC(=O)CC(C(=O)OCCCC)N(CCC)[SiH2]OC(COC)OC. The fourth-order valence-corrected chi connectivity index (χ4v) is 3.91. The number of hydrogen-bond donors (Lipinski definition) is 0. The second-order valence-corrected chi connectivity index (χ2v) is 7.95. The van der Waals surface area contributed by atoms with Crippen LogP contribution in [-0.2, 0) is 33.0 Å². The second kappa shape index (κ2) is 18.1. The van der Waals surface area contributed by atoms with E-state index in [0.29, 0.717) is 26.4 Å². The monoisotopic (exact) mass is 421 g/mol. The summed E-state index contributed by atoms with van der Waals surface area (Å²) in [5, 5.41) is 0. The minimum absolute atomic E-state index is 0.0348. The van der Waals surface area contributed by atoms with Crippen molar-refractivity contribution < 1.29 is 33.0 Å². The van der Waals surface area contributed by atoms with Gasteiger partial charge in [-0.05, 0) is 25.8 Å². The van der Waals surface area contributed by atoms with Gasteiger partial charge in [0, 0.05) is 14.2 Å². The molecule has 0 amide bonds. The van der Waals surface area contributed by atoms with Crippen LogP contribution in [0.3, 0.4) is 0 Å². The van der Waals surface area contributed by atoms with Crippen LogP contribution in [0.25, 0.3) is 0 Å². The number of esters is 2. The van der Waals surface area contributed by atoms with Crippen LogP contribution in [0.1, 0.15) is 59.3 Å². The lowest BCUT2D eigenvalue weighted by atomic mass is 10.2. The molecular weight excluding hydrogens is 382 g/mol. The van der Waals surface area contributed by atoms with Gasteiger partial charge in [-0.2, -0.15) is 0 Å². The van der Waals surface area contributed by atoms with Gasteiger partial charge in [0.15, 0.2) is 6.29 Å². The van der Waals surface area contributed by atoms with Crippen LogP contribution in [0.15, 0.2) is 0 Å². The molecule has 0 heterocycles. The van der Waals surface area contributed by atoms with Crippen LogP contribution < -0.4 is 0 Å². The quantitative estimate of drug-likeness (QED) is 0.143. The Bertz CT molecular complexity index is 412. The number of rotatable bonds is 18. The van der Waals surface area contributed by atoms with Crippen molar-refractivity contribution in [1.29, 1.82) is 0 Å². The van der Waals surface area contributed by atoms with Crippen molar-refractivity contribution in [1.82, 2.24) is 4.57 Å². The molecule has 0 radical (unpaired) electrons. The first-order chi connectivity index (χ1) is 13.5. The predicted octanol–water partition coefficient (Wildman–Crippen LogP) is 1.78. The molecule has 0 saturated carbocycles. The molecule has 2 unspecified atom stereocenters. The zero-order valence-electron chi connectivity index (χ0n) is 18.2. The highest BCUT2D eigenvalue weighted by Crippen LogP contribution is 2.11. The van der Waals surface area contributed by atoms with Crippen molar-refractivity contribution in [2.45, 2.75) is 71.6 Å². The van der Waals surface area contributed by atoms with Crippen LogP contribution in [-0.4, -0.2) is 79.3 Å². The first-order valence-corrected chi connectivity index (χ1v) is 11.4. The standard InChI is InChI=1S/C19H39NO7Si/c1-6-9-12-25-17(21)14-16(19(22)26-13-10-7-2)20(11-8-3)28-27-18(24-5)15-23-4/h16,18H,6-15,28H2,1-5H3. The Morgan fingerprint density at radius 3 is 2.14 bits per heavy atom. The van der Waals surface area contributed by atoms with Crippen molar-refractivity contribution in [3.63, 3.8) is 0 Å². The van der Waals surface area contributed by atoms with Gasteiger partial charge in [0.2, 0.25) is 9.92 Å². The lowest BCUT2D eigenvalue weighted by Crippen LogP contribution is -2.48. The number of ether oxygens (including phenoxy) is 4. The van der Waals surface area contributed by atoms with Crippen LogP contribution >= 0.6 is 0 Å². The smallest absolute Gasteiger partial charge is 0.323 e. The lowest BCUT2D eigenvalue weighted by molar-refractivity contribution is -0.155. The third-order valence-electron chi connectivity index (χ3n) is 4.08. The average Bonchev–Trinajstić information content (AvgIpc) is 2.68. The third kappa shape index (κ3) is 12.5. The maximum absolute atomic E-state index is 12.7. The second-order valence-electron chi connectivity index (χ2n) is 6.54. The first-order valence-electron chi connectivity index (χ1n) is 10.2. The van der Waals surface area contributed by atoms with Gasteiger partial charge in [0.1, 0.15) is 6.04 Å². The molecule has 9 heteroatoms. The van der Waals surface area contributed by atoms with Gasteiger partial charge in [-0.15, -0.1) is 0 Å². The number of methoxy groups -OCH3 is 2. The number of carbonyl (C=O) groups excluding carboxylic acids is 2. The molecular formula is C19H39NO7Si. The Morgan fingerprint density at radius 1 is 0.964 bits per heavy atom. The number of carbonyl (C=O) groups is 2. The van der Waals surface area contributed by atoms with Crippen molar-refractivity contribution in [2.75, 3.05) is 40.6 Å². The summed E-state index contributed by atoms with van der Waals surface area (Å²) in [4.78, 5) is 24.9. The number of unbranched alkanes of at least 4 members (excludes halogenated alkanes) is 2. The van der Waals surface area contributed by atoms with E-state index in [4.69, 9.17) is 23.4 Å². The van der Waals surface area contributed by atoms with Gasteiger partial charge in [-0.25, -0.2) is 0 Å². The summed E-state index contributed by atoms with van der Waals surface area (Å²) in [5.74, 6) is -0.785. The molecule has 28 heavy (non-hydrogen) atoms. The summed E-state index contributed by atoms with van der Waals surface area (Å²) < 4.78 is 28.7. The highest BCUT2D eigenvalue weighted by atomic mass is 28.2. The molecule has 0 aromatic heterocycles. The molecule has 166 valence electrons. The topological polar surface area (TPSA) is 83.5 Å². The van der Waals surface area contributed by atoms with Crippen molar-refractivity contribution >= 4 is 21.9 Å². The maximum Gasteiger partial charge on any atom is 0.323 e. The molecule has 0 aromatic carbocycles. The van der Waals surface area contributed by atoms with Crippen LogP contribution in [0.2, 0.25) is 0 Å². The molecule has 0 aliphatic heterocycles. The average molecular weight is 422 g/mol. The molecule has 0 aromatic rings. The first kappa shape index (κ1) is 27.0. The van der Waals surface area contributed by atoms with Gasteiger partial charge >= 0.3 is 11.9 Å². The molecule has 2 atom stereocenters. The Balaban J connectivity index is 5.06. The van der Waals surface area contributed by atoms with E-state index >= 15 is 0 Å². The van der Waals surface area contributed by atoms with Gasteiger partial charge in [0.25, 0.3) is 0 Å². The molecule has 0 saturated heterocycles. The molecule has 0 aliphatic rings. The molecule has 8 nitrogen and oxygen atoms in total. The Hall–Kier alpha value is -1.00. The predicted molar refractivity (Wildman–Crippen MR) is 109 cm³/mol. The van der Waals surface area contributed by atoms with Gasteiger partial charge in [-0.1, -0.05) is 33.6 Å². The molecule has 0 spiro atoms. The summed E-state index contributed by atoms with van der Waals surface area (Å²) in [7, 11) is 1.79. The summed E-state index contributed by atoms with van der Waals surface area (Å²) in [6.07, 6.45) is 3.76. The molecule has 0 fully saturated rings. The summed E-state index contributed by atoms with van der Waals surface area (Å²) in [6, 6.07) is -0.697. The highest BCUT2D eigenvalue weighted by Gasteiger charge is 2.31. The fourth-order valence-electron chi connectivity index (χ4n) is 2.42. The summed E-state index contributed by atoms with van der Waals surface area (Å²) in [5.41, 5.74) is 0. The van der Waals surface area contributed by atoms with E-state index in [-0.39, 0.29) is 12.4 Å². The van der Waals surface area contributed by atoms with Crippen LogP contribution in [0.4, 0.5) is 0 Å². The maximum atomic E-state index is 12.7. The van der Waals surface area contributed by atoms with E-state index in [2.05, 4.69) is 0 Å². The van der Waals surface area contributed by atoms with Crippen molar-refractivity contribution in [3.05, 3.63) is 0 Å². The number of hydrogen-bond acceptors (Lipinski definition) is 8. The minimum atomic E-state index is -1.33. The zero-order chi connectivity index (χ0) is 21.2. The zero-order valence-corrected chi connectivity index (χ0v) is 19.7. The lowest BCUT2D eigenvalue weighted by Gasteiger charge is -2.30. The summed E-state index contributed by atoms with van der Waals surface area (Å²) >= 11 is 0. The van der Waals surface area contributed by atoms with Gasteiger partial charge in [-0.3, -0.25) is 14.2 Å². The van der Waals surface area contributed by atoms with E-state index < -0.39 is 28.2 Å². The van der Waals surface area contributed by atoms with E-state index in [1.807, 2.05) is 25.3 Å². The minimum Gasteiger partial charge on any atom is -0.466 e. The summed E-state index contributed by atoms with van der Waals surface area (Å²) in [6.45, 7) is 7.72. The Labute approximate surface area is 172 Å². The normalized spacial score (nSPS) is 13.8.